The maximum Gasteiger partial charge on any atom is 0.249 e. The second-order valence-corrected chi connectivity index (χ2v) is 6.05. The summed E-state index contributed by atoms with van der Waals surface area (Å²) in [7, 11) is 3.14. The van der Waals surface area contributed by atoms with E-state index in [1.165, 1.54) is 0 Å². The number of methoxy groups -OCH3 is 2. The Morgan fingerprint density at radius 2 is 1.75 bits per heavy atom. The van der Waals surface area contributed by atoms with Crippen LogP contribution >= 0.6 is 0 Å². The van der Waals surface area contributed by atoms with Crippen LogP contribution in [0.15, 0.2) is 30.4 Å². The zero-order valence-corrected chi connectivity index (χ0v) is 14.0. The van der Waals surface area contributed by atoms with Crippen LogP contribution in [0.3, 0.4) is 0 Å². The van der Waals surface area contributed by atoms with Crippen molar-refractivity contribution in [1.82, 2.24) is 5.32 Å². The molecular formula is C18H22N2O4. The molecule has 0 unspecified atom stereocenters. The fourth-order valence-corrected chi connectivity index (χ4v) is 3.14. The number of anilines is 1. The first-order valence-corrected chi connectivity index (χ1v) is 8.12. The Morgan fingerprint density at radius 3 is 2.33 bits per heavy atom. The summed E-state index contributed by atoms with van der Waals surface area (Å²) >= 11 is 0. The quantitative estimate of drug-likeness (QED) is 0.837. The van der Waals surface area contributed by atoms with Gasteiger partial charge in [0.1, 0.15) is 17.5 Å². The van der Waals surface area contributed by atoms with Crippen LogP contribution in [-0.2, 0) is 9.59 Å². The van der Waals surface area contributed by atoms with Crippen LogP contribution in [0.2, 0.25) is 0 Å². The molecule has 0 saturated carbocycles. The van der Waals surface area contributed by atoms with Gasteiger partial charge in [0, 0.05) is 30.7 Å². The van der Waals surface area contributed by atoms with Crippen molar-refractivity contribution < 1.29 is 19.1 Å². The minimum atomic E-state index is -0.463. The highest BCUT2D eigenvalue weighted by atomic mass is 16.5. The number of benzene rings is 1. The molecule has 2 amide bonds. The molecule has 6 heteroatoms. The van der Waals surface area contributed by atoms with Gasteiger partial charge < -0.3 is 19.7 Å². The number of allylic oxidation sites excluding steroid dienone is 2. The summed E-state index contributed by atoms with van der Waals surface area (Å²) in [6.07, 6.45) is 6.13. The molecule has 1 N–H and O–H groups in total. The molecule has 1 heterocycles. The third-order valence-corrected chi connectivity index (χ3v) is 4.55. The van der Waals surface area contributed by atoms with E-state index in [2.05, 4.69) is 5.32 Å². The van der Waals surface area contributed by atoms with E-state index in [4.69, 9.17) is 9.47 Å². The number of nitrogens with zero attached hydrogens (tertiary/aromatic N) is 1. The first-order chi connectivity index (χ1) is 11.6. The van der Waals surface area contributed by atoms with E-state index in [0.717, 1.165) is 18.5 Å². The maximum absolute atomic E-state index is 12.7. The highest BCUT2D eigenvalue weighted by Gasteiger charge is 2.35. The number of amides is 2. The van der Waals surface area contributed by atoms with Gasteiger partial charge in [-0.15, -0.1) is 0 Å². The number of hydrogen-bond acceptors (Lipinski definition) is 4. The lowest BCUT2D eigenvalue weighted by Gasteiger charge is -2.19. The Hall–Kier alpha value is -2.50. The van der Waals surface area contributed by atoms with E-state index in [-0.39, 0.29) is 17.7 Å². The van der Waals surface area contributed by atoms with Gasteiger partial charge in [0.05, 0.1) is 19.9 Å². The lowest BCUT2D eigenvalue weighted by atomic mass is 10.1. The number of ether oxygens (including phenoxy) is 2. The first kappa shape index (κ1) is 16.4. The monoisotopic (exact) mass is 330 g/mol. The SMILES string of the molecule is COc1cc(OC)cc(N2CC[C@@H](NC(=O)C3CC=CC3)C2=O)c1. The van der Waals surface area contributed by atoms with Gasteiger partial charge in [0.25, 0.3) is 0 Å². The van der Waals surface area contributed by atoms with Crippen LogP contribution < -0.4 is 19.7 Å². The van der Waals surface area contributed by atoms with E-state index < -0.39 is 6.04 Å². The smallest absolute Gasteiger partial charge is 0.249 e. The number of rotatable bonds is 5. The van der Waals surface area contributed by atoms with Crippen molar-refractivity contribution >= 4 is 17.5 Å². The van der Waals surface area contributed by atoms with E-state index in [1.54, 1.807) is 37.3 Å². The first-order valence-electron chi connectivity index (χ1n) is 8.12. The van der Waals surface area contributed by atoms with E-state index in [0.29, 0.717) is 24.5 Å². The van der Waals surface area contributed by atoms with Crippen LogP contribution in [0.25, 0.3) is 0 Å². The average Bonchev–Trinajstić information content (AvgIpc) is 3.25. The predicted molar refractivity (Wildman–Crippen MR) is 90.3 cm³/mol. The lowest BCUT2D eigenvalue weighted by Crippen LogP contribution is -2.43. The predicted octanol–water partition coefficient (Wildman–Crippen LogP) is 1.89. The summed E-state index contributed by atoms with van der Waals surface area (Å²) in [4.78, 5) is 26.6. The molecule has 0 spiro atoms. The van der Waals surface area contributed by atoms with Crippen LogP contribution in [0.5, 0.6) is 11.5 Å². The van der Waals surface area contributed by atoms with E-state index in [1.807, 2.05) is 12.2 Å². The highest BCUT2D eigenvalue weighted by molar-refractivity contribution is 6.01. The summed E-state index contributed by atoms with van der Waals surface area (Å²) < 4.78 is 10.5. The Kier molecular flexibility index (Phi) is 4.74. The largest absolute Gasteiger partial charge is 0.497 e. The van der Waals surface area contributed by atoms with Gasteiger partial charge in [0.2, 0.25) is 11.8 Å². The zero-order valence-electron chi connectivity index (χ0n) is 14.0. The summed E-state index contributed by atoms with van der Waals surface area (Å²) in [5, 5.41) is 2.89. The molecule has 2 aliphatic rings. The van der Waals surface area contributed by atoms with Crippen LogP contribution in [0, 0.1) is 5.92 Å². The van der Waals surface area contributed by atoms with Crippen LogP contribution in [0.1, 0.15) is 19.3 Å². The fourth-order valence-electron chi connectivity index (χ4n) is 3.14. The number of nitrogens with one attached hydrogen (secondary N) is 1. The molecule has 24 heavy (non-hydrogen) atoms. The minimum Gasteiger partial charge on any atom is -0.497 e. The van der Waals surface area contributed by atoms with E-state index >= 15 is 0 Å². The second kappa shape index (κ2) is 6.95. The maximum atomic E-state index is 12.7. The van der Waals surface area contributed by atoms with Gasteiger partial charge >= 0.3 is 0 Å². The van der Waals surface area contributed by atoms with Gasteiger partial charge in [-0.3, -0.25) is 9.59 Å². The van der Waals surface area contributed by atoms with Crippen molar-refractivity contribution in [3.05, 3.63) is 30.4 Å². The van der Waals surface area contributed by atoms with Gasteiger partial charge in [0.15, 0.2) is 0 Å². The molecule has 1 aromatic carbocycles. The number of hydrogen-bond donors (Lipinski definition) is 1. The molecule has 0 aromatic heterocycles. The second-order valence-electron chi connectivity index (χ2n) is 6.05. The molecule has 1 atom stereocenters. The molecule has 128 valence electrons. The van der Waals surface area contributed by atoms with Gasteiger partial charge in [-0.25, -0.2) is 0 Å². The summed E-state index contributed by atoms with van der Waals surface area (Å²) in [6.45, 7) is 0.559. The molecular weight excluding hydrogens is 308 g/mol. The normalized spacial score (nSPS) is 20.5. The molecule has 1 aliphatic carbocycles. The average molecular weight is 330 g/mol. The molecule has 1 aliphatic heterocycles. The summed E-state index contributed by atoms with van der Waals surface area (Å²) in [6, 6.07) is 4.89. The Morgan fingerprint density at radius 1 is 1.12 bits per heavy atom. The lowest BCUT2D eigenvalue weighted by molar-refractivity contribution is -0.128. The van der Waals surface area contributed by atoms with Crippen LogP contribution in [-0.4, -0.2) is 38.6 Å². The third-order valence-electron chi connectivity index (χ3n) is 4.55. The number of carbonyl (C=O) groups is 2. The van der Waals surface area contributed by atoms with Gasteiger partial charge in [-0.2, -0.15) is 0 Å². The minimum absolute atomic E-state index is 0.0382. The van der Waals surface area contributed by atoms with Crippen molar-refractivity contribution in [3.63, 3.8) is 0 Å². The van der Waals surface area contributed by atoms with Crippen molar-refractivity contribution in [2.75, 3.05) is 25.7 Å². The molecule has 1 fully saturated rings. The van der Waals surface area contributed by atoms with Gasteiger partial charge in [-0.05, 0) is 19.3 Å². The molecule has 0 bridgehead atoms. The molecule has 0 radical (unpaired) electrons. The van der Waals surface area contributed by atoms with Crippen molar-refractivity contribution in [3.8, 4) is 11.5 Å². The Balaban J connectivity index is 1.70. The summed E-state index contributed by atoms with van der Waals surface area (Å²) in [5.74, 6) is 1.08. The van der Waals surface area contributed by atoms with Crippen molar-refractivity contribution in [1.29, 1.82) is 0 Å². The summed E-state index contributed by atoms with van der Waals surface area (Å²) in [5.41, 5.74) is 0.718. The topological polar surface area (TPSA) is 67.9 Å². The van der Waals surface area contributed by atoms with E-state index in [9.17, 15) is 9.59 Å². The molecule has 3 rings (SSSR count). The molecule has 1 aromatic rings. The third kappa shape index (κ3) is 3.22. The number of carbonyl (C=O) groups excluding carboxylic acids is 2. The van der Waals surface area contributed by atoms with Crippen molar-refractivity contribution in [2.24, 2.45) is 5.92 Å². The highest BCUT2D eigenvalue weighted by Crippen LogP contribution is 2.31. The van der Waals surface area contributed by atoms with Crippen molar-refractivity contribution in [2.45, 2.75) is 25.3 Å². The zero-order chi connectivity index (χ0) is 17.1. The molecule has 1 saturated heterocycles. The van der Waals surface area contributed by atoms with Gasteiger partial charge in [-0.1, -0.05) is 12.2 Å². The fraction of sp³-hybridized carbons (Fsp3) is 0.444. The Bertz CT molecular complexity index is 641. The standard InChI is InChI=1S/C18H22N2O4/c1-23-14-9-13(10-15(11-14)24-2)20-8-7-16(18(20)22)19-17(21)12-5-3-4-6-12/h3-4,9-12,16H,5-8H2,1-2H3,(H,19,21)/t16-/m1/s1. The Labute approximate surface area is 141 Å². The van der Waals surface area contributed by atoms with Crippen LogP contribution in [0.4, 0.5) is 5.69 Å². The molecule has 6 nitrogen and oxygen atoms in total.